The van der Waals surface area contributed by atoms with Crippen molar-refractivity contribution in [1.82, 2.24) is 5.16 Å². The number of hydrogen-bond acceptors (Lipinski definition) is 5. The van der Waals surface area contributed by atoms with E-state index in [9.17, 15) is 9.59 Å². The van der Waals surface area contributed by atoms with E-state index in [1.165, 1.54) is 11.8 Å². The second-order valence-electron chi connectivity index (χ2n) is 6.31. The number of amides is 1. The topological polar surface area (TPSA) is 72.2 Å². The number of aryl methyl sites for hydroxylation is 3. The van der Waals surface area contributed by atoms with Crippen LogP contribution in [-0.4, -0.2) is 22.1 Å². The van der Waals surface area contributed by atoms with Crippen LogP contribution < -0.4 is 5.32 Å². The van der Waals surface area contributed by atoms with Gasteiger partial charge >= 0.3 is 0 Å². The van der Waals surface area contributed by atoms with Crippen molar-refractivity contribution in [3.05, 3.63) is 45.7 Å². The third kappa shape index (κ3) is 4.51. The average molecular weight is 360 g/mol. The van der Waals surface area contributed by atoms with Crippen molar-refractivity contribution in [2.24, 2.45) is 0 Å². The zero-order valence-electron chi connectivity index (χ0n) is 15.5. The summed E-state index contributed by atoms with van der Waals surface area (Å²) in [6, 6.07) is 3.73. The van der Waals surface area contributed by atoms with E-state index in [-0.39, 0.29) is 16.9 Å². The number of nitrogens with one attached hydrogen (secondary N) is 1. The normalized spacial score (nSPS) is 12.1. The number of rotatable bonds is 6. The van der Waals surface area contributed by atoms with Crippen molar-refractivity contribution in [2.45, 2.75) is 52.5 Å². The Kier molecular flexibility index (Phi) is 6.06. The lowest BCUT2D eigenvalue weighted by molar-refractivity contribution is -0.115. The number of anilines is 1. The molecule has 1 amide bonds. The number of carbonyl (C=O) groups is 2. The highest BCUT2D eigenvalue weighted by atomic mass is 32.2. The summed E-state index contributed by atoms with van der Waals surface area (Å²) in [6.07, 6.45) is 0. The van der Waals surface area contributed by atoms with E-state index in [0.29, 0.717) is 17.3 Å². The summed E-state index contributed by atoms with van der Waals surface area (Å²) in [4.78, 5) is 24.2. The highest BCUT2D eigenvalue weighted by Crippen LogP contribution is 2.28. The first-order valence-corrected chi connectivity index (χ1v) is 9.22. The van der Waals surface area contributed by atoms with Gasteiger partial charge in [0.2, 0.25) is 5.91 Å². The minimum atomic E-state index is -0.252. The summed E-state index contributed by atoms with van der Waals surface area (Å²) in [6.45, 7) is 11.2. The summed E-state index contributed by atoms with van der Waals surface area (Å²) in [5, 5.41) is 6.27. The van der Waals surface area contributed by atoms with E-state index in [4.69, 9.17) is 4.52 Å². The van der Waals surface area contributed by atoms with Crippen LogP contribution in [0.3, 0.4) is 0 Å². The predicted octanol–water partition coefficient (Wildman–Crippen LogP) is 4.37. The second kappa shape index (κ2) is 7.87. The monoisotopic (exact) mass is 360 g/mol. The van der Waals surface area contributed by atoms with Gasteiger partial charge in [0, 0.05) is 17.4 Å². The van der Waals surface area contributed by atoms with Gasteiger partial charge in [-0.15, -0.1) is 11.8 Å². The number of ketones is 1. The van der Waals surface area contributed by atoms with Crippen LogP contribution in [0.15, 0.2) is 16.7 Å². The molecule has 0 radical (unpaired) electrons. The number of aromatic nitrogens is 1. The van der Waals surface area contributed by atoms with Crippen LogP contribution in [0.5, 0.6) is 0 Å². The smallest absolute Gasteiger partial charge is 0.238 e. The van der Waals surface area contributed by atoms with Gasteiger partial charge in [0.05, 0.1) is 5.25 Å². The van der Waals surface area contributed by atoms with Crippen molar-refractivity contribution in [1.29, 1.82) is 0 Å². The SMILES string of the molecule is CC(=O)c1c(C)cc(C)c(CSC(C)C(=O)Nc2cc(C)on2)c1C. The Morgan fingerprint density at radius 1 is 1.20 bits per heavy atom. The molecule has 0 spiro atoms. The number of hydrogen-bond donors (Lipinski definition) is 1. The molecule has 2 aromatic rings. The van der Waals surface area contributed by atoms with Gasteiger partial charge in [0.25, 0.3) is 0 Å². The lowest BCUT2D eigenvalue weighted by Crippen LogP contribution is -2.23. The molecule has 1 atom stereocenters. The number of nitrogens with zero attached hydrogens (tertiary/aromatic N) is 1. The molecule has 1 unspecified atom stereocenters. The number of benzene rings is 1. The van der Waals surface area contributed by atoms with Crippen LogP contribution in [0.2, 0.25) is 0 Å². The molecule has 0 saturated carbocycles. The first-order chi connectivity index (χ1) is 11.7. The Morgan fingerprint density at radius 2 is 1.88 bits per heavy atom. The molecule has 0 aliphatic carbocycles. The zero-order valence-corrected chi connectivity index (χ0v) is 16.3. The lowest BCUT2D eigenvalue weighted by atomic mass is 9.92. The van der Waals surface area contributed by atoms with Crippen LogP contribution in [0.25, 0.3) is 0 Å². The molecule has 6 heteroatoms. The fourth-order valence-electron chi connectivity index (χ4n) is 2.93. The Hall–Kier alpha value is -2.08. The highest BCUT2D eigenvalue weighted by molar-refractivity contribution is 7.99. The van der Waals surface area contributed by atoms with Gasteiger partial charge in [-0.1, -0.05) is 11.2 Å². The third-order valence-electron chi connectivity index (χ3n) is 4.21. The fourth-order valence-corrected chi connectivity index (χ4v) is 4.00. The minimum Gasteiger partial charge on any atom is -0.360 e. The van der Waals surface area contributed by atoms with Crippen LogP contribution in [0, 0.1) is 27.7 Å². The summed E-state index contributed by atoms with van der Waals surface area (Å²) >= 11 is 1.54. The molecule has 134 valence electrons. The van der Waals surface area contributed by atoms with Gasteiger partial charge in [-0.05, 0) is 63.8 Å². The molecular weight excluding hydrogens is 336 g/mol. The van der Waals surface area contributed by atoms with E-state index in [1.54, 1.807) is 19.9 Å². The van der Waals surface area contributed by atoms with E-state index in [2.05, 4.69) is 10.5 Å². The number of thioether (sulfide) groups is 1. The summed E-state index contributed by atoms with van der Waals surface area (Å²) < 4.78 is 4.95. The molecule has 5 nitrogen and oxygen atoms in total. The number of carbonyl (C=O) groups excluding carboxylic acids is 2. The third-order valence-corrected chi connectivity index (χ3v) is 5.38. The van der Waals surface area contributed by atoms with E-state index in [1.807, 2.05) is 33.8 Å². The maximum Gasteiger partial charge on any atom is 0.238 e. The molecule has 25 heavy (non-hydrogen) atoms. The van der Waals surface area contributed by atoms with Crippen LogP contribution in [0.1, 0.15) is 52.2 Å². The quantitative estimate of drug-likeness (QED) is 0.774. The van der Waals surface area contributed by atoms with Gasteiger partial charge in [0.15, 0.2) is 11.6 Å². The summed E-state index contributed by atoms with van der Waals surface area (Å²) in [5.41, 5.74) is 5.07. The Bertz CT molecular complexity index is 811. The first kappa shape index (κ1) is 19.2. The van der Waals surface area contributed by atoms with Gasteiger partial charge in [-0.2, -0.15) is 0 Å². The Labute approximate surface area is 152 Å². The average Bonchev–Trinajstić information content (AvgIpc) is 2.90. The zero-order chi connectivity index (χ0) is 18.7. The minimum absolute atomic E-state index is 0.0773. The van der Waals surface area contributed by atoms with Gasteiger partial charge in [0.1, 0.15) is 5.76 Å². The van der Waals surface area contributed by atoms with Crippen LogP contribution in [0.4, 0.5) is 5.82 Å². The first-order valence-electron chi connectivity index (χ1n) is 8.17. The summed E-state index contributed by atoms with van der Waals surface area (Å²) in [5.74, 6) is 1.71. The maximum atomic E-state index is 12.3. The molecule has 1 aromatic heterocycles. The van der Waals surface area contributed by atoms with Crippen molar-refractivity contribution >= 4 is 29.3 Å². The predicted molar refractivity (Wildman–Crippen MR) is 101 cm³/mol. The Balaban J connectivity index is 2.08. The van der Waals surface area contributed by atoms with Crippen LogP contribution >= 0.6 is 11.8 Å². The van der Waals surface area contributed by atoms with E-state index in [0.717, 1.165) is 27.8 Å². The van der Waals surface area contributed by atoms with Crippen molar-refractivity contribution in [3.63, 3.8) is 0 Å². The lowest BCUT2D eigenvalue weighted by Gasteiger charge is -2.17. The van der Waals surface area contributed by atoms with Gasteiger partial charge in [-0.25, -0.2) is 0 Å². The van der Waals surface area contributed by atoms with Gasteiger partial charge in [-0.3, -0.25) is 9.59 Å². The fraction of sp³-hybridized carbons (Fsp3) is 0.421. The standard InChI is InChI=1S/C19H24N2O3S/c1-10-7-11(2)18(14(5)22)13(4)16(10)9-25-15(6)19(23)20-17-8-12(3)24-21-17/h7-8,15H,9H2,1-6H3,(H,20,21,23). The largest absolute Gasteiger partial charge is 0.360 e. The molecule has 1 heterocycles. The second-order valence-corrected chi connectivity index (χ2v) is 7.64. The summed E-state index contributed by atoms with van der Waals surface area (Å²) in [7, 11) is 0. The molecule has 0 aliphatic rings. The van der Waals surface area contributed by atoms with Crippen LogP contribution in [-0.2, 0) is 10.5 Å². The van der Waals surface area contributed by atoms with Crippen molar-refractivity contribution in [3.8, 4) is 0 Å². The molecule has 0 bridgehead atoms. The van der Waals surface area contributed by atoms with E-state index < -0.39 is 0 Å². The number of Topliss-reactive ketones (excluding diaryl/α,β-unsaturated/α-hetero) is 1. The molecule has 1 aromatic carbocycles. The van der Waals surface area contributed by atoms with Crippen molar-refractivity contribution in [2.75, 3.05) is 5.32 Å². The Morgan fingerprint density at radius 3 is 2.44 bits per heavy atom. The molecule has 0 saturated heterocycles. The molecule has 0 aliphatic heterocycles. The maximum absolute atomic E-state index is 12.3. The van der Waals surface area contributed by atoms with Gasteiger partial charge < -0.3 is 9.84 Å². The molecular formula is C19H24N2O3S. The highest BCUT2D eigenvalue weighted by Gasteiger charge is 2.18. The molecule has 2 rings (SSSR count). The molecule has 1 N–H and O–H groups in total. The van der Waals surface area contributed by atoms with E-state index >= 15 is 0 Å². The van der Waals surface area contributed by atoms with Crippen molar-refractivity contribution < 1.29 is 14.1 Å². The molecule has 0 fully saturated rings.